The third kappa shape index (κ3) is 4.15. The molecule has 1 aromatic rings. The van der Waals surface area contributed by atoms with Gasteiger partial charge in [0, 0.05) is 5.02 Å². The fourth-order valence-corrected chi connectivity index (χ4v) is 1.20. The highest BCUT2D eigenvalue weighted by Gasteiger charge is 2.36. The Morgan fingerprint density at radius 3 is 2.31 bits per heavy atom. The number of nitrogens with two attached hydrogens (primary N) is 1. The standard InChI is InChI=1S/C9H8ClF4N.ClH/c10-6-2-1-5(7(11)4-6)3-8(15)9(12,13)14;/h1-2,4,8H,3,15H2;1H. The van der Waals surface area contributed by atoms with Crippen molar-refractivity contribution >= 4 is 24.0 Å². The first-order chi connectivity index (χ1) is 6.80. The molecule has 0 fully saturated rings. The fourth-order valence-electron chi connectivity index (χ4n) is 1.04. The average Bonchev–Trinajstić information content (AvgIpc) is 2.08. The highest BCUT2D eigenvalue weighted by atomic mass is 35.5. The molecule has 1 unspecified atom stereocenters. The second-order valence-electron chi connectivity index (χ2n) is 3.09. The number of benzene rings is 1. The van der Waals surface area contributed by atoms with E-state index in [9.17, 15) is 17.6 Å². The van der Waals surface area contributed by atoms with E-state index in [0.29, 0.717) is 0 Å². The molecule has 0 aromatic heterocycles. The second kappa shape index (κ2) is 5.70. The van der Waals surface area contributed by atoms with Crippen molar-refractivity contribution in [2.75, 3.05) is 0 Å². The Kier molecular flexibility index (Phi) is 5.52. The maximum absolute atomic E-state index is 13.1. The Morgan fingerprint density at radius 1 is 1.31 bits per heavy atom. The summed E-state index contributed by atoms with van der Waals surface area (Å²) in [5, 5.41) is 0.136. The summed E-state index contributed by atoms with van der Waals surface area (Å²) in [7, 11) is 0. The number of alkyl halides is 3. The topological polar surface area (TPSA) is 26.0 Å². The average molecular weight is 278 g/mol. The van der Waals surface area contributed by atoms with E-state index in [1.807, 2.05) is 0 Å². The first kappa shape index (κ1) is 15.5. The summed E-state index contributed by atoms with van der Waals surface area (Å²) >= 11 is 5.45. The SMILES string of the molecule is Cl.NC(Cc1ccc(Cl)cc1F)C(F)(F)F. The summed E-state index contributed by atoms with van der Waals surface area (Å²) in [6.07, 6.45) is -5.11. The molecular weight excluding hydrogens is 269 g/mol. The van der Waals surface area contributed by atoms with E-state index in [-0.39, 0.29) is 23.0 Å². The quantitative estimate of drug-likeness (QED) is 0.825. The first-order valence-electron chi connectivity index (χ1n) is 4.07. The monoisotopic (exact) mass is 277 g/mol. The van der Waals surface area contributed by atoms with Crippen molar-refractivity contribution in [1.82, 2.24) is 0 Å². The third-order valence-corrected chi connectivity index (χ3v) is 2.11. The predicted octanol–water partition coefficient (Wildman–Crippen LogP) is 3.33. The van der Waals surface area contributed by atoms with Crippen molar-refractivity contribution in [3.05, 3.63) is 34.6 Å². The molecule has 16 heavy (non-hydrogen) atoms. The molecule has 2 N–H and O–H groups in total. The van der Waals surface area contributed by atoms with Crippen molar-refractivity contribution in [2.45, 2.75) is 18.6 Å². The van der Waals surface area contributed by atoms with Gasteiger partial charge in [-0.3, -0.25) is 0 Å². The van der Waals surface area contributed by atoms with Gasteiger partial charge in [-0.15, -0.1) is 12.4 Å². The van der Waals surface area contributed by atoms with Crippen LogP contribution in [0.4, 0.5) is 17.6 Å². The summed E-state index contributed by atoms with van der Waals surface area (Å²) in [6.45, 7) is 0. The van der Waals surface area contributed by atoms with E-state index < -0.39 is 24.5 Å². The molecule has 0 saturated carbocycles. The molecule has 0 aliphatic rings. The van der Waals surface area contributed by atoms with Gasteiger partial charge in [-0.05, 0) is 24.1 Å². The Bertz CT molecular complexity index is 354. The molecule has 0 radical (unpaired) electrons. The second-order valence-corrected chi connectivity index (χ2v) is 3.52. The largest absolute Gasteiger partial charge is 0.403 e. The number of hydrogen-bond donors (Lipinski definition) is 1. The highest BCUT2D eigenvalue weighted by molar-refractivity contribution is 6.30. The Hall–Kier alpha value is -0.520. The molecule has 7 heteroatoms. The lowest BCUT2D eigenvalue weighted by Gasteiger charge is -2.15. The Labute approximate surface area is 101 Å². The molecule has 1 aromatic carbocycles. The van der Waals surface area contributed by atoms with Crippen LogP contribution in [-0.2, 0) is 6.42 Å². The van der Waals surface area contributed by atoms with Crippen molar-refractivity contribution < 1.29 is 17.6 Å². The van der Waals surface area contributed by atoms with Gasteiger partial charge in [0.15, 0.2) is 0 Å². The van der Waals surface area contributed by atoms with Crippen LogP contribution in [0, 0.1) is 5.82 Å². The normalized spacial score (nSPS) is 13.1. The van der Waals surface area contributed by atoms with Gasteiger partial charge in [0.2, 0.25) is 0 Å². The lowest BCUT2D eigenvalue weighted by atomic mass is 10.1. The summed E-state index contributed by atoms with van der Waals surface area (Å²) in [5.74, 6) is -0.776. The molecule has 92 valence electrons. The van der Waals surface area contributed by atoms with Gasteiger partial charge >= 0.3 is 6.18 Å². The van der Waals surface area contributed by atoms with E-state index >= 15 is 0 Å². The summed E-state index contributed by atoms with van der Waals surface area (Å²) in [5.41, 5.74) is 4.77. The van der Waals surface area contributed by atoms with Crippen LogP contribution in [0.3, 0.4) is 0 Å². The summed E-state index contributed by atoms with van der Waals surface area (Å²) in [4.78, 5) is 0. The minimum Gasteiger partial charge on any atom is -0.320 e. The van der Waals surface area contributed by atoms with Crippen LogP contribution in [0.15, 0.2) is 18.2 Å². The van der Waals surface area contributed by atoms with Gasteiger partial charge in [-0.1, -0.05) is 17.7 Å². The number of halogens is 6. The fraction of sp³-hybridized carbons (Fsp3) is 0.333. The number of rotatable bonds is 2. The van der Waals surface area contributed by atoms with E-state index in [1.54, 1.807) is 0 Å². The molecule has 0 heterocycles. The molecular formula is C9H9Cl2F4N. The summed E-state index contributed by atoms with van der Waals surface area (Å²) in [6, 6.07) is 1.42. The van der Waals surface area contributed by atoms with Gasteiger partial charge in [0.05, 0.1) is 0 Å². The maximum Gasteiger partial charge on any atom is 0.403 e. The molecule has 0 aliphatic heterocycles. The van der Waals surface area contributed by atoms with Crippen LogP contribution in [0.25, 0.3) is 0 Å². The molecule has 1 nitrogen and oxygen atoms in total. The van der Waals surface area contributed by atoms with Crippen molar-refractivity contribution in [3.8, 4) is 0 Å². The lowest BCUT2D eigenvalue weighted by Crippen LogP contribution is -2.39. The van der Waals surface area contributed by atoms with E-state index in [0.717, 1.165) is 6.07 Å². The molecule has 1 atom stereocenters. The highest BCUT2D eigenvalue weighted by Crippen LogP contribution is 2.23. The van der Waals surface area contributed by atoms with E-state index in [1.165, 1.54) is 12.1 Å². The van der Waals surface area contributed by atoms with Gasteiger partial charge in [0.1, 0.15) is 11.9 Å². The summed E-state index contributed by atoms with van der Waals surface area (Å²) < 4.78 is 49.3. The van der Waals surface area contributed by atoms with Crippen molar-refractivity contribution in [3.63, 3.8) is 0 Å². The molecule has 0 spiro atoms. The minimum absolute atomic E-state index is 0. The number of hydrogen-bond acceptors (Lipinski definition) is 1. The zero-order chi connectivity index (χ0) is 11.6. The van der Waals surface area contributed by atoms with E-state index in [4.69, 9.17) is 17.3 Å². The Morgan fingerprint density at radius 2 is 1.88 bits per heavy atom. The van der Waals surface area contributed by atoms with Crippen LogP contribution >= 0.6 is 24.0 Å². The molecule has 0 bridgehead atoms. The van der Waals surface area contributed by atoms with Crippen molar-refractivity contribution in [2.24, 2.45) is 5.73 Å². The molecule has 0 aliphatic carbocycles. The Balaban J connectivity index is 0.00000225. The molecule has 0 saturated heterocycles. The maximum atomic E-state index is 13.1. The smallest absolute Gasteiger partial charge is 0.320 e. The van der Waals surface area contributed by atoms with Crippen LogP contribution in [0.2, 0.25) is 5.02 Å². The third-order valence-electron chi connectivity index (χ3n) is 1.88. The van der Waals surface area contributed by atoms with Crippen LogP contribution in [0.1, 0.15) is 5.56 Å². The molecule has 1 rings (SSSR count). The lowest BCUT2D eigenvalue weighted by molar-refractivity contribution is -0.147. The zero-order valence-corrected chi connectivity index (χ0v) is 9.46. The van der Waals surface area contributed by atoms with Crippen LogP contribution < -0.4 is 5.73 Å². The first-order valence-corrected chi connectivity index (χ1v) is 4.44. The zero-order valence-electron chi connectivity index (χ0n) is 7.89. The van der Waals surface area contributed by atoms with Gasteiger partial charge in [-0.25, -0.2) is 4.39 Å². The van der Waals surface area contributed by atoms with Gasteiger partial charge in [0.25, 0.3) is 0 Å². The van der Waals surface area contributed by atoms with E-state index in [2.05, 4.69) is 0 Å². The van der Waals surface area contributed by atoms with Gasteiger partial charge < -0.3 is 5.73 Å². The van der Waals surface area contributed by atoms with Crippen molar-refractivity contribution in [1.29, 1.82) is 0 Å². The van der Waals surface area contributed by atoms with Crippen LogP contribution in [0.5, 0.6) is 0 Å². The predicted molar refractivity (Wildman–Crippen MR) is 56.4 cm³/mol. The van der Waals surface area contributed by atoms with Crippen LogP contribution in [-0.4, -0.2) is 12.2 Å². The van der Waals surface area contributed by atoms with Gasteiger partial charge in [-0.2, -0.15) is 13.2 Å². The minimum atomic E-state index is -4.52. The molecule has 0 amide bonds.